The molecule has 0 spiro atoms. The molecule has 1 saturated carbocycles. The lowest BCUT2D eigenvalue weighted by atomic mass is 9.94. The van der Waals surface area contributed by atoms with Crippen LogP contribution in [-0.4, -0.2) is 44.3 Å². The van der Waals surface area contributed by atoms with E-state index in [4.69, 9.17) is 19.9 Å². The minimum absolute atomic E-state index is 0.230. The fourth-order valence-electron chi connectivity index (χ4n) is 5.13. The molecule has 11 heteroatoms. The van der Waals surface area contributed by atoms with Crippen LogP contribution in [0.1, 0.15) is 37.2 Å². The molecule has 3 atom stereocenters. The van der Waals surface area contributed by atoms with Crippen LogP contribution >= 0.6 is 0 Å². The van der Waals surface area contributed by atoms with Gasteiger partial charge < -0.3 is 19.8 Å². The molecule has 2 aromatic heterocycles. The number of rotatable bonds is 12. The number of anilines is 2. The highest BCUT2D eigenvalue weighted by molar-refractivity contribution is 7.92. The Labute approximate surface area is 252 Å². The fraction of sp³-hybridized carbons (Fsp3) is 0.344. The summed E-state index contributed by atoms with van der Waals surface area (Å²) in [5.41, 5.74) is 6.78. The van der Waals surface area contributed by atoms with Gasteiger partial charge in [-0.15, -0.1) is 0 Å². The predicted molar refractivity (Wildman–Crippen MR) is 166 cm³/mol. The van der Waals surface area contributed by atoms with E-state index in [0.29, 0.717) is 41.9 Å². The highest BCUT2D eigenvalue weighted by Gasteiger charge is 2.36. The maximum atomic E-state index is 12.6. The van der Waals surface area contributed by atoms with Crippen molar-refractivity contribution in [2.75, 3.05) is 29.1 Å². The van der Waals surface area contributed by atoms with Gasteiger partial charge in [0.1, 0.15) is 11.6 Å². The second-order valence-corrected chi connectivity index (χ2v) is 13.5. The van der Waals surface area contributed by atoms with E-state index in [1.807, 2.05) is 54.6 Å². The summed E-state index contributed by atoms with van der Waals surface area (Å²) in [7, 11) is -2.15. The Hall–Kier alpha value is -4.38. The van der Waals surface area contributed by atoms with Crippen molar-refractivity contribution < 1.29 is 22.4 Å². The van der Waals surface area contributed by atoms with Gasteiger partial charge in [-0.2, -0.15) is 0 Å². The summed E-state index contributed by atoms with van der Waals surface area (Å²) in [4.78, 5) is 23.4. The van der Waals surface area contributed by atoms with E-state index in [1.54, 1.807) is 13.0 Å². The molecule has 226 valence electrons. The molecule has 10 nitrogen and oxygen atoms in total. The molecule has 1 aliphatic carbocycles. The topological polar surface area (TPSA) is 132 Å². The molecule has 5 rings (SSSR count). The van der Waals surface area contributed by atoms with Crippen LogP contribution in [0.3, 0.4) is 0 Å². The number of sulfonamides is 1. The highest BCUT2D eigenvalue weighted by Crippen LogP contribution is 2.40. The van der Waals surface area contributed by atoms with E-state index in [-0.39, 0.29) is 11.7 Å². The van der Waals surface area contributed by atoms with E-state index in [0.717, 1.165) is 34.7 Å². The first-order valence-electron chi connectivity index (χ1n) is 14.2. The van der Waals surface area contributed by atoms with Gasteiger partial charge in [-0.3, -0.25) is 4.31 Å². The summed E-state index contributed by atoms with van der Waals surface area (Å²) in [5.74, 6) is 2.50. The van der Waals surface area contributed by atoms with Crippen molar-refractivity contribution in [1.29, 1.82) is 0 Å². The second kappa shape index (κ2) is 12.1. The molecule has 0 bridgehead atoms. The number of carbonyl (C=O) groups excluding carboxylic acids is 1. The van der Waals surface area contributed by atoms with Gasteiger partial charge in [0.25, 0.3) is 0 Å². The molecule has 2 heterocycles. The third-order valence-electron chi connectivity index (χ3n) is 7.87. The monoisotopic (exact) mass is 603 g/mol. The number of hydrogen-bond acceptors (Lipinski definition) is 8. The maximum Gasteiger partial charge on any atom is 0.405 e. The number of aromatic nitrogens is 2. The molecular formula is C32H37N5O5S. The van der Waals surface area contributed by atoms with Crippen LogP contribution in [0, 0.1) is 11.8 Å². The first kappa shape index (κ1) is 30.1. The zero-order valence-corrected chi connectivity index (χ0v) is 25.6. The quantitative estimate of drug-likeness (QED) is 0.229. The average Bonchev–Trinajstić information content (AvgIpc) is 3.42. The Bertz CT molecular complexity index is 1680. The molecule has 43 heavy (non-hydrogen) atoms. The number of nitrogens with zero attached hydrogens (tertiary/aromatic N) is 4. The molecule has 4 aromatic rings. The lowest BCUT2D eigenvalue weighted by molar-refractivity contribution is 0.0118. The lowest BCUT2D eigenvalue weighted by Crippen LogP contribution is -2.33. The van der Waals surface area contributed by atoms with Crippen molar-refractivity contribution in [2.45, 2.75) is 38.8 Å². The van der Waals surface area contributed by atoms with Crippen LogP contribution in [0.15, 0.2) is 83.4 Å². The van der Waals surface area contributed by atoms with Gasteiger partial charge in [0.15, 0.2) is 11.4 Å². The van der Waals surface area contributed by atoms with Crippen molar-refractivity contribution in [3.05, 3.63) is 95.9 Å². The average molecular weight is 604 g/mol. The number of oxazole rings is 1. The summed E-state index contributed by atoms with van der Waals surface area (Å²) in [6.07, 6.45) is 3.14. The van der Waals surface area contributed by atoms with Gasteiger partial charge in [-0.05, 0) is 48.4 Å². The Morgan fingerprint density at radius 2 is 1.67 bits per heavy atom. The van der Waals surface area contributed by atoms with Crippen LogP contribution in [0.4, 0.5) is 16.4 Å². The molecule has 1 fully saturated rings. The highest BCUT2D eigenvalue weighted by atomic mass is 32.2. The second-order valence-electron chi connectivity index (χ2n) is 11.5. The molecular weight excluding hydrogens is 566 g/mol. The molecule has 0 aliphatic heterocycles. The zero-order chi connectivity index (χ0) is 30.8. The largest absolute Gasteiger partial charge is 0.437 e. The number of carbonyl (C=O) groups is 1. The Balaban J connectivity index is 1.57. The first-order chi connectivity index (χ1) is 20.4. The van der Waals surface area contributed by atoms with Crippen LogP contribution in [-0.2, 0) is 33.3 Å². The summed E-state index contributed by atoms with van der Waals surface area (Å²) in [6, 6.07) is 23.1. The van der Waals surface area contributed by atoms with Gasteiger partial charge in [0.05, 0.1) is 12.5 Å². The molecule has 1 aliphatic rings. The summed E-state index contributed by atoms with van der Waals surface area (Å²) < 4.78 is 38.1. The van der Waals surface area contributed by atoms with Gasteiger partial charge in [0, 0.05) is 32.1 Å². The first-order valence-corrected chi connectivity index (χ1v) is 16.0. The van der Waals surface area contributed by atoms with E-state index in [9.17, 15) is 13.2 Å². The SMILES string of the molecule is C[C@@H]1C[C@H]1CN(Cc1ccccc1)c1cc(-c2ncc([C@@](C)(Cc3ccccc3)OC(N)=O)o2)cc(N(C)S(C)(=O)=O)n1. The van der Waals surface area contributed by atoms with E-state index < -0.39 is 21.7 Å². The van der Waals surface area contributed by atoms with Crippen molar-refractivity contribution in [3.8, 4) is 11.5 Å². The van der Waals surface area contributed by atoms with E-state index in [1.165, 1.54) is 13.2 Å². The minimum Gasteiger partial charge on any atom is -0.437 e. The van der Waals surface area contributed by atoms with Crippen molar-refractivity contribution in [3.63, 3.8) is 0 Å². The van der Waals surface area contributed by atoms with Gasteiger partial charge in [-0.25, -0.2) is 23.2 Å². The molecule has 1 amide bonds. The summed E-state index contributed by atoms with van der Waals surface area (Å²) in [6.45, 7) is 5.31. The van der Waals surface area contributed by atoms with E-state index >= 15 is 0 Å². The van der Waals surface area contributed by atoms with Gasteiger partial charge in [0.2, 0.25) is 15.9 Å². The van der Waals surface area contributed by atoms with Gasteiger partial charge >= 0.3 is 6.09 Å². The van der Waals surface area contributed by atoms with E-state index in [2.05, 4.69) is 28.9 Å². The third kappa shape index (κ3) is 7.34. The summed E-state index contributed by atoms with van der Waals surface area (Å²) >= 11 is 0. The number of primary amides is 1. The van der Waals surface area contributed by atoms with Crippen molar-refractivity contribution in [1.82, 2.24) is 9.97 Å². The number of nitrogens with two attached hydrogens (primary N) is 1. The molecule has 0 saturated heterocycles. The number of ether oxygens (including phenoxy) is 1. The van der Waals surface area contributed by atoms with Crippen molar-refractivity contribution in [2.24, 2.45) is 17.6 Å². The number of hydrogen-bond donors (Lipinski definition) is 1. The number of amides is 1. The fourth-order valence-corrected chi connectivity index (χ4v) is 5.56. The number of benzene rings is 2. The maximum absolute atomic E-state index is 12.6. The smallest absolute Gasteiger partial charge is 0.405 e. The van der Waals surface area contributed by atoms with Gasteiger partial charge in [-0.1, -0.05) is 67.6 Å². The summed E-state index contributed by atoms with van der Waals surface area (Å²) in [5, 5.41) is 0. The zero-order valence-electron chi connectivity index (χ0n) is 24.8. The number of pyridine rings is 1. The lowest BCUT2D eigenvalue weighted by Gasteiger charge is -2.27. The van der Waals surface area contributed by atoms with Crippen LogP contribution in [0.25, 0.3) is 11.5 Å². The molecule has 0 unspecified atom stereocenters. The normalized spacial score (nSPS) is 17.6. The predicted octanol–water partition coefficient (Wildman–Crippen LogP) is 5.35. The minimum atomic E-state index is -3.61. The molecule has 0 radical (unpaired) electrons. The Kier molecular flexibility index (Phi) is 8.45. The van der Waals surface area contributed by atoms with Crippen LogP contribution in [0.2, 0.25) is 0 Å². The molecule has 2 aromatic carbocycles. The Morgan fingerprint density at radius 1 is 1.07 bits per heavy atom. The Morgan fingerprint density at radius 3 is 2.26 bits per heavy atom. The van der Waals surface area contributed by atoms with Crippen LogP contribution < -0.4 is 14.9 Å². The van der Waals surface area contributed by atoms with Crippen LogP contribution in [0.5, 0.6) is 0 Å². The standard InChI is InChI=1S/C32H37N5O5S/c1-22-15-26(22)21-37(20-24-13-9-6-10-14-24)29-17-25(16-28(35-29)36(3)43(4,39)40)30-34-19-27(41-30)32(2,42-31(33)38)18-23-11-7-5-8-12-23/h5-14,16-17,19,22,26H,15,18,20-21H2,1-4H3,(H2,33,38)/t22-,26+,32-/m1/s1. The molecule has 2 N–H and O–H groups in total. The van der Waals surface area contributed by atoms with Crippen molar-refractivity contribution >= 4 is 27.8 Å². The third-order valence-corrected chi connectivity index (χ3v) is 9.06.